The summed E-state index contributed by atoms with van der Waals surface area (Å²) in [6.07, 6.45) is 24.5. The van der Waals surface area contributed by atoms with Crippen LogP contribution < -0.4 is 10.4 Å². The SMILES string of the molecule is Cc1cc(-c2ccc(C34CC5CC(CC(C5)C3)C4)cc2)c2c(c1)=[C-]C(=CC1CCCCC1)C=2.[Zr]. The first-order valence-corrected chi connectivity index (χ1v) is 13.7. The predicted octanol–water partition coefficient (Wildman–Crippen LogP) is 7.09. The molecule has 34 heavy (non-hydrogen) atoms. The fourth-order valence-corrected chi connectivity index (χ4v) is 8.75. The van der Waals surface area contributed by atoms with Gasteiger partial charge in [0.05, 0.1) is 0 Å². The van der Waals surface area contributed by atoms with E-state index in [0.29, 0.717) is 5.41 Å². The molecule has 5 saturated carbocycles. The summed E-state index contributed by atoms with van der Waals surface area (Å²) in [6.45, 7) is 2.23. The van der Waals surface area contributed by atoms with E-state index in [-0.39, 0.29) is 26.2 Å². The van der Waals surface area contributed by atoms with Crippen LogP contribution in [0.25, 0.3) is 23.3 Å². The Morgan fingerprint density at radius 1 is 0.853 bits per heavy atom. The summed E-state index contributed by atoms with van der Waals surface area (Å²) in [4.78, 5) is 0. The zero-order valence-corrected chi connectivity index (χ0v) is 23.2. The number of aryl methyl sites for hydroxylation is 1. The van der Waals surface area contributed by atoms with Gasteiger partial charge in [0.2, 0.25) is 0 Å². The number of fused-ring (bicyclic) bond motifs is 1. The molecule has 5 fully saturated rings. The number of rotatable bonds is 3. The average molecular weight is 525 g/mol. The van der Waals surface area contributed by atoms with Crippen molar-refractivity contribution in [2.24, 2.45) is 23.7 Å². The molecule has 8 rings (SSSR count). The first kappa shape index (κ1) is 23.2. The first-order chi connectivity index (χ1) is 16.1. The molecule has 6 aliphatic rings. The van der Waals surface area contributed by atoms with Crippen LogP contribution in [0.3, 0.4) is 0 Å². The molecule has 6 aliphatic carbocycles. The zero-order chi connectivity index (χ0) is 22.0. The third kappa shape index (κ3) is 4.09. The van der Waals surface area contributed by atoms with Crippen molar-refractivity contribution in [1.29, 1.82) is 0 Å². The van der Waals surface area contributed by atoms with Crippen LogP contribution in [0.2, 0.25) is 0 Å². The van der Waals surface area contributed by atoms with Gasteiger partial charge in [0.1, 0.15) is 0 Å². The average Bonchev–Trinajstić information content (AvgIpc) is 3.20. The van der Waals surface area contributed by atoms with Gasteiger partial charge in [-0.3, -0.25) is 0 Å². The fourth-order valence-electron chi connectivity index (χ4n) is 8.75. The van der Waals surface area contributed by atoms with Gasteiger partial charge in [-0.25, -0.2) is 0 Å². The van der Waals surface area contributed by atoms with E-state index in [1.807, 2.05) is 0 Å². The quantitative estimate of drug-likeness (QED) is 0.376. The second-order valence-corrected chi connectivity index (χ2v) is 12.3. The van der Waals surface area contributed by atoms with Gasteiger partial charge in [0, 0.05) is 26.2 Å². The zero-order valence-electron chi connectivity index (χ0n) is 20.7. The summed E-state index contributed by atoms with van der Waals surface area (Å²) in [6, 6.07) is 14.6. The van der Waals surface area contributed by atoms with Crippen molar-refractivity contribution in [3.05, 3.63) is 69.6 Å². The van der Waals surface area contributed by atoms with Crippen molar-refractivity contribution >= 4 is 12.2 Å². The molecule has 2 aromatic rings. The molecule has 174 valence electrons. The van der Waals surface area contributed by atoms with Crippen LogP contribution in [-0.2, 0) is 31.6 Å². The van der Waals surface area contributed by atoms with Gasteiger partial charge in [0.25, 0.3) is 0 Å². The molecule has 0 saturated heterocycles. The molecular weight excluding hydrogens is 488 g/mol. The normalized spacial score (nSPS) is 32.7. The third-order valence-electron chi connectivity index (χ3n) is 9.81. The van der Waals surface area contributed by atoms with Crippen molar-refractivity contribution in [2.45, 2.75) is 83.0 Å². The summed E-state index contributed by atoms with van der Waals surface area (Å²) in [5.74, 6) is 3.76. The number of benzene rings is 2. The van der Waals surface area contributed by atoms with Crippen LogP contribution in [0.4, 0.5) is 0 Å². The maximum Gasteiger partial charge on any atom is 0 e. The van der Waals surface area contributed by atoms with Crippen LogP contribution in [0.15, 0.2) is 48.0 Å². The van der Waals surface area contributed by atoms with Crippen LogP contribution in [0.1, 0.15) is 81.8 Å². The number of hydrogen-bond donors (Lipinski definition) is 0. The smallest absolute Gasteiger partial charge is 0 e. The van der Waals surface area contributed by atoms with Crippen molar-refractivity contribution in [3.63, 3.8) is 0 Å². The molecule has 4 bridgehead atoms. The summed E-state index contributed by atoms with van der Waals surface area (Å²) in [5, 5.41) is 2.67. The number of hydrogen-bond acceptors (Lipinski definition) is 0. The van der Waals surface area contributed by atoms with Crippen molar-refractivity contribution in [2.75, 3.05) is 0 Å². The Morgan fingerprint density at radius 3 is 2.15 bits per heavy atom. The molecule has 0 spiro atoms. The molecule has 0 N–H and O–H groups in total. The largest absolute Gasteiger partial charge is 0.145 e. The van der Waals surface area contributed by atoms with E-state index in [1.54, 1.807) is 5.56 Å². The molecule has 0 atom stereocenters. The van der Waals surface area contributed by atoms with Gasteiger partial charge < -0.3 is 0 Å². The monoisotopic (exact) mass is 523 g/mol. The van der Waals surface area contributed by atoms with E-state index in [0.717, 1.165) is 23.7 Å². The Kier molecular flexibility index (Phi) is 6.17. The Bertz CT molecular complexity index is 1190. The van der Waals surface area contributed by atoms with E-state index in [9.17, 15) is 0 Å². The molecule has 1 heteroatoms. The standard InChI is InChI=1S/C33H37.Zr/c1-22-11-29-17-24(13-23-5-3-2-4-6-23)18-32(29)31(12-22)28-7-9-30(10-8-28)33-19-25-14-26(20-33)16-27(15-25)21-33;/h7-13,18,23,25-27H,2-6,14-16,19-21H2,1H3;/q-1;. The molecule has 0 radical (unpaired) electrons. The fraction of sp³-hybridized carbons (Fsp3) is 0.515. The molecule has 0 aromatic heterocycles. The van der Waals surface area contributed by atoms with Crippen LogP contribution in [-0.4, -0.2) is 0 Å². The van der Waals surface area contributed by atoms with Gasteiger partial charge in [-0.15, -0.1) is 40.3 Å². The molecule has 0 heterocycles. The van der Waals surface area contributed by atoms with E-state index in [2.05, 4.69) is 61.5 Å². The number of allylic oxidation sites excluding steroid dienone is 2. The van der Waals surface area contributed by atoms with Gasteiger partial charge in [-0.1, -0.05) is 73.6 Å². The molecule has 0 amide bonds. The Hall–Kier alpha value is -1.20. The summed E-state index contributed by atoms with van der Waals surface area (Å²) < 4.78 is 0. The summed E-state index contributed by atoms with van der Waals surface area (Å²) in [7, 11) is 0. The van der Waals surface area contributed by atoms with Crippen molar-refractivity contribution in [3.8, 4) is 11.1 Å². The van der Waals surface area contributed by atoms with Crippen LogP contribution in [0, 0.1) is 30.6 Å². The predicted molar refractivity (Wildman–Crippen MR) is 138 cm³/mol. The first-order valence-electron chi connectivity index (χ1n) is 13.7. The molecule has 0 unspecified atom stereocenters. The Balaban J connectivity index is 0.00000217. The second kappa shape index (κ2) is 9.03. The van der Waals surface area contributed by atoms with E-state index >= 15 is 0 Å². The van der Waals surface area contributed by atoms with E-state index in [4.69, 9.17) is 0 Å². The van der Waals surface area contributed by atoms with Gasteiger partial charge in [-0.05, 0) is 85.7 Å². The minimum absolute atomic E-state index is 0. The minimum Gasteiger partial charge on any atom is -0.145 e. The molecular formula is C33H37Zr-. The summed E-state index contributed by atoms with van der Waals surface area (Å²) >= 11 is 0. The topological polar surface area (TPSA) is 0 Å². The maximum absolute atomic E-state index is 3.74. The van der Waals surface area contributed by atoms with Gasteiger partial charge in [-0.2, -0.15) is 0 Å². The Labute approximate surface area is 224 Å². The van der Waals surface area contributed by atoms with E-state index in [1.165, 1.54) is 103 Å². The molecule has 0 aliphatic heterocycles. The van der Waals surface area contributed by atoms with Crippen LogP contribution in [0.5, 0.6) is 0 Å². The Morgan fingerprint density at radius 2 is 1.50 bits per heavy atom. The maximum atomic E-state index is 3.74. The van der Waals surface area contributed by atoms with Crippen molar-refractivity contribution < 1.29 is 26.2 Å². The van der Waals surface area contributed by atoms with E-state index < -0.39 is 0 Å². The molecule has 0 nitrogen and oxygen atoms in total. The molecule has 2 aromatic carbocycles. The third-order valence-corrected chi connectivity index (χ3v) is 9.81. The van der Waals surface area contributed by atoms with Gasteiger partial charge in [0.15, 0.2) is 0 Å². The van der Waals surface area contributed by atoms with Gasteiger partial charge >= 0.3 is 0 Å². The minimum atomic E-state index is 0. The van der Waals surface area contributed by atoms with Crippen LogP contribution >= 0.6 is 0 Å². The second-order valence-electron chi connectivity index (χ2n) is 12.3. The van der Waals surface area contributed by atoms with Crippen molar-refractivity contribution in [1.82, 2.24) is 0 Å². The summed E-state index contributed by atoms with van der Waals surface area (Å²) in [5.41, 5.74) is 7.55.